The van der Waals surface area contributed by atoms with Crippen molar-refractivity contribution < 1.29 is 4.79 Å². The van der Waals surface area contributed by atoms with Gasteiger partial charge in [0.05, 0.1) is 6.54 Å². The second-order valence-corrected chi connectivity index (χ2v) is 8.19. The van der Waals surface area contributed by atoms with Gasteiger partial charge in [-0.1, -0.05) is 20.8 Å². The van der Waals surface area contributed by atoms with Crippen molar-refractivity contribution in [2.45, 2.75) is 66.3 Å². The Morgan fingerprint density at radius 2 is 1.63 bits per heavy atom. The summed E-state index contributed by atoms with van der Waals surface area (Å²) in [6, 6.07) is 0. The van der Waals surface area contributed by atoms with Crippen LogP contribution in [0, 0.1) is 11.3 Å². The number of nitrogens with one attached hydrogen (secondary N) is 1. The lowest BCUT2D eigenvalue weighted by molar-refractivity contribution is -0.132. The number of carbonyl (C=O) groups is 1. The zero-order chi connectivity index (χ0) is 14.7. The van der Waals surface area contributed by atoms with Gasteiger partial charge < -0.3 is 10.2 Å². The van der Waals surface area contributed by atoms with E-state index < -0.39 is 0 Å². The van der Waals surface area contributed by atoms with Gasteiger partial charge in [0.1, 0.15) is 0 Å². The molecule has 1 aliphatic heterocycles. The molecule has 3 heteroatoms. The highest BCUT2D eigenvalue weighted by Gasteiger charge is 2.26. The lowest BCUT2D eigenvalue weighted by atomic mass is 9.80. The molecular weight excluding hydrogens is 236 g/mol. The fraction of sp³-hybridized carbons (Fsp3) is 0.938. The minimum Gasteiger partial charge on any atom is -0.342 e. The predicted molar refractivity (Wildman–Crippen MR) is 81.1 cm³/mol. The molecule has 0 aromatic heterocycles. The zero-order valence-electron chi connectivity index (χ0n) is 13.7. The van der Waals surface area contributed by atoms with E-state index in [9.17, 15) is 4.79 Å². The number of amides is 1. The van der Waals surface area contributed by atoms with Crippen LogP contribution in [0.3, 0.4) is 0 Å². The first kappa shape index (κ1) is 16.5. The molecule has 0 aliphatic carbocycles. The summed E-state index contributed by atoms with van der Waals surface area (Å²) in [6.07, 6.45) is 3.60. The molecule has 0 aromatic carbocycles. The average Bonchev–Trinajstić information content (AvgIpc) is 2.23. The van der Waals surface area contributed by atoms with Gasteiger partial charge in [0.15, 0.2) is 0 Å². The van der Waals surface area contributed by atoms with Crippen LogP contribution in [-0.4, -0.2) is 36.0 Å². The van der Waals surface area contributed by atoms with E-state index in [4.69, 9.17) is 0 Å². The van der Waals surface area contributed by atoms with E-state index in [0.29, 0.717) is 12.0 Å². The Balaban J connectivity index is 2.31. The number of likely N-dealkylation sites (tertiary alicyclic amines) is 1. The van der Waals surface area contributed by atoms with Gasteiger partial charge in [-0.05, 0) is 51.4 Å². The molecule has 1 aliphatic rings. The number of rotatable bonds is 3. The molecule has 0 radical (unpaired) electrons. The van der Waals surface area contributed by atoms with Crippen molar-refractivity contribution in [3.63, 3.8) is 0 Å². The van der Waals surface area contributed by atoms with Crippen LogP contribution in [-0.2, 0) is 4.79 Å². The van der Waals surface area contributed by atoms with Gasteiger partial charge >= 0.3 is 0 Å². The van der Waals surface area contributed by atoms with Gasteiger partial charge in [-0.15, -0.1) is 0 Å². The Morgan fingerprint density at radius 3 is 2.05 bits per heavy atom. The Bertz CT molecular complexity index is 291. The Labute approximate surface area is 119 Å². The van der Waals surface area contributed by atoms with Crippen LogP contribution in [0.15, 0.2) is 0 Å². The minimum atomic E-state index is 0.0141. The minimum absolute atomic E-state index is 0.0141. The highest BCUT2D eigenvalue weighted by Crippen LogP contribution is 2.30. The summed E-state index contributed by atoms with van der Waals surface area (Å²) >= 11 is 0. The predicted octanol–water partition coefficient (Wildman–Crippen LogP) is 3.05. The molecule has 0 saturated carbocycles. The van der Waals surface area contributed by atoms with Gasteiger partial charge in [-0.2, -0.15) is 0 Å². The maximum absolute atomic E-state index is 12.1. The highest BCUT2D eigenvalue weighted by molar-refractivity contribution is 5.78. The van der Waals surface area contributed by atoms with E-state index in [1.807, 2.05) is 4.90 Å². The Hall–Kier alpha value is -0.570. The summed E-state index contributed by atoms with van der Waals surface area (Å²) in [5.74, 6) is 1.05. The van der Waals surface area contributed by atoms with Gasteiger partial charge in [-0.3, -0.25) is 4.79 Å². The second-order valence-electron chi connectivity index (χ2n) is 8.19. The summed E-state index contributed by atoms with van der Waals surface area (Å²) in [5.41, 5.74) is 0.421. The Kier molecular flexibility index (Phi) is 5.43. The Morgan fingerprint density at radius 1 is 1.11 bits per heavy atom. The van der Waals surface area contributed by atoms with E-state index in [-0.39, 0.29) is 11.4 Å². The zero-order valence-corrected chi connectivity index (χ0v) is 13.7. The molecule has 1 saturated heterocycles. The first-order valence-electron chi connectivity index (χ1n) is 7.60. The molecule has 1 rings (SSSR count). The van der Waals surface area contributed by atoms with E-state index in [1.54, 1.807) is 0 Å². The van der Waals surface area contributed by atoms with Crippen molar-refractivity contribution in [3.8, 4) is 0 Å². The molecule has 1 N–H and O–H groups in total. The number of hydrogen-bond donors (Lipinski definition) is 1. The van der Waals surface area contributed by atoms with Gasteiger partial charge in [-0.25, -0.2) is 0 Å². The van der Waals surface area contributed by atoms with Crippen molar-refractivity contribution in [3.05, 3.63) is 0 Å². The molecule has 0 aromatic rings. The SMILES string of the molecule is CC(C)(C)CC1CCN(C(=O)CNC(C)(C)C)CC1. The standard InChI is InChI=1S/C16H32N2O/c1-15(2,3)11-13-7-9-18(10-8-13)14(19)12-17-16(4,5)6/h13,17H,7-12H2,1-6H3. The third-order valence-electron chi connectivity index (χ3n) is 3.64. The molecule has 1 heterocycles. The molecule has 0 unspecified atom stereocenters. The molecule has 19 heavy (non-hydrogen) atoms. The second kappa shape index (κ2) is 6.25. The van der Waals surface area contributed by atoms with E-state index in [2.05, 4.69) is 46.9 Å². The summed E-state index contributed by atoms with van der Waals surface area (Å²) in [6.45, 7) is 15.5. The van der Waals surface area contributed by atoms with Crippen molar-refractivity contribution in [1.82, 2.24) is 10.2 Å². The van der Waals surface area contributed by atoms with Gasteiger partial charge in [0, 0.05) is 18.6 Å². The van der Waals surface area contributed by atoms with Crippen LogP contribution in [0.2, 0.25) is 0 Å². The fourth-order valence-electron chi connectivity index (χ4n) is 2.71. The van der Waals surface area contributed by atoms with Crippen LogP contribution in [0.25, 0.3) is 0 Å². The molecule has 3 nitrogen and oxygen atoms in total. The van der Waals surface area contributed by atoms with Crippen molar-refractivity contribution >= 4 is 5.91 Å². The van der Waals surface area contributed by atoms with Crippen molar-refractivity contribution in [2.24, 2.45) is 11.3 Å². The van der Waals surface area contributed by atoms with Crippen LogP contribution in [0.4, 0.5) is 0 Å². The molecule has 0 spiro atoms. The number of nitrogens with zero attached hydrogens (tertiary/aromatic N) is 1. The third-order valence-corrected chi connectivity index (χ3v) is 3.64. The van der Waals surface area contributed by atoms with Crippen LogP contribution >= 0.6 is 0 Å². The molecule has 112 valence electrons. The molecule has 0 bridgehead atoms. The fourth-order valence-corrected chi connectivity index (χ4v) is 2.71. The third kappa shape index (κ3) is 6.95. The first-order chi connectivity index (χ1) is 8.57. The molecular formula is C16H32N2O. The quantitative estimate of drug-likeness (QED) is 0.853. The van der Waals surface area contributed by atoms with E-state index >= 15 is 0 Å². The summed E-state index contributed by atoms with van der Waals surface area (Å²) in [4.78, 5) is 14.1. The normalized spacial score (nSPS) is 18.7. The summed E-state index contributed by atoms with van der Waals surface area (Å²) in [7, 11) is 0. The van der Waals surface area contributed by atoms with Crippen LogP contribution < -0.4 is 5.32 Å². The topological polar surface area (TPSA) is 32.3 Å². The first-order valence-corrected chi connectivity index (χ1v) is 7.60. The number of hydrogen-bond acceptors (Lipinski definition) is 2. The van der Waals surface area contributed by atoms with Crippen molar-refractivity contribution in [1.29, 1.82) is 0 Å². The summed E-state index contributed by atoms with van der Waals surface area (Å²) in [5, 5.41) is 3.28. The smallest absolute Gasteiger partial charge is 0.236 e. The summed E-state index contributed by atoms with van der Waals surface area (Å²) < 4.78 is 0. The number of piperidine rings is 1. The van der Waals surface area contributed by atoms with Gasteiger partial charge in [0.2, 0.25) is 5.91 Å². The highest BCUT2D eigenvalue weighted by atomic mass is 16.2. The van der Waals surface area contributed by atoms with E-state index in [0.717, 1.165) is 19.0 Å². The lowest BCUT2D eigenvalue weighted by Gasteiger charge is -2.35. The van der Waals surface area contributed by atoms with Gasteiger partial charge in [0.25, 0.3) is 0 Å². The molecule has 0 atom stereocenters. The maximum atomic E-state index is 12.1. The number of carbonyl (C=O) groups excluding carboxylic acids is 1. The molecule has 1 fully saturated rings. The average molecular weight is 268 g/mol. The molecule has 1 amide bonds. The largest absolute Gasteiger partial charge is 0.342 e. The lowest BCUT2D eigenvalue weighted by Crippen LogP contribution is -2.47. The van der Waals surface area contributed by atoms with Crippen LogP contribution in [0.5, 0.6) is 0 Å². The monoisotopic (exact) mass is 268 g/mol. The van der Waals surface area contributed by atoms with E-state index in [1.165, 1.54) is 19.3 Å². The van der Waals surface area contributed by atoms with Crippen LogP contribution in [0.1, 0.15) is 60.8 Å². The maximum Gasteiger partial charge on any atom is 0.236 e. The van der Waals surface area contributed by atoms with Crippen molar-refractivity contribution in [2.75, 3.05) is 19.6 Å².